The summed E-state index contributed by atoms with van der Waals surface area (Å²) in [6.07, 6.45) is 0.990. The fourth-order valence-corrected chi connectivity index (χ4v) is 1.59. The Labute approximate surface area is 119 Å². The average molecular weight is 288 g/mol. The summed E-state index contributed by atoms with van der Waals surface area (Å²) in [6.45, 7) is 5.69. The summed E-state index contributed by atoms with van der Waals surface area (Å²) in [6, 6.07) is -0.396. The van der Waals surface area contributed by atoms with E-state index in [1.165, 1.54) is 12.0 Å². The molecule has 0 aromatic rings. The van der Waals surface area contributed by atoms with Gasteiger partial charge in [0.1, 0.15) is 6.54 Å². The summed E-state index contributed by atoms with van der Waals surface area (Å²) in [5.41, 5.74) is -0.655. The fraction of sp³-hybridized carbons (Fsp3) is 0.769. The number of carboxylic acids is 1. The Kier molecular flexibility index (Phi) is 7.64. The minimum Gasteiger partial charge on any atom is -0.481 e. The largest absolute Gasteiger partial charge is 0.481 e. The molecule has 116 valence electrons. The quantitative estimate of drug-likeness (QED) is 0.655. The van der Waals surface area contributed by atoms with Crippen LogP contribution in [0.1, 0.15) is 40.0 Å². The lowest BCUT2D eigenvalue weighted by atomic mass is 9.99. The van der Waals surface area contributed by atoms with Crippen molar-refractivity contribution in [2.45, 2.75) is 45.6 Å². The number of methoxy groups -OCH3 is 1. The number of carboxylic acid groups (broad SMARTS) is 1. The van der Waals surface area contributed by atoms with Gasteiger partial charge in [0.15, 0.2) is 0 Å². The summed E-state index contributed by atoms with van der Waals surface area (Å²) in [5, 5.41) is 11.4. The van der Waals surface area contributed by atoms with Crippen molar-refractivity contribution in [1.29, 1.82) is 0 Å². The molecule has 2 amide bonds. The number of hydrogen-bond donors (Lipinski definition) is 2. The number of nitrogens with one attached hydrogen (secondary N) is 1. The molecule has 0 radical (unpaired) electrons. The van der Waals surface area contributed by atoms with Crippen molar-refractivity contribution >= 4 is 18.0 Å². The third-order valence-electron chi connectivity index (χ3n) is 2.74. The maximum absolute atomic E-state index is 12.1. The number of carbonyl (C=O) groups excluding carboxylic acids is 2. The molecule has 0 rings (SSSR count). The van der Waals surface area contributed by atoms with Gasteiger partial charge in [0, 0.05) is 18.5 Å². The first-order valence-corrected chi connectivity index (χ1v) is 6.57. The van der Waals surface area contributed by atoms with E-state index in [4.69, 9.17) is 5.11 Å². The summed E-state index contributed by atoms with van der Waals surface area (Å²) >= 11 is 0. The SMILES string of the molecule is CCCN(CC(=O)OC)C(=O)NC(C)(C)CCC(=O)O. The number of esters is 1. The van der Waals surface area contributed by atoms with Crippen LogP contribution in [0.15, 0.2) is 0 Å². The van der Waals surface area contributed by atoms with E-state index in [-0.39, 0.29) is 13.0 Å². The summed E-state index contributed by atoms with van der Waals surface area (Å²) in [4.78, 5) is 35.3. The van der Waals surface area contributed by atoms with E-state index in [0.717, 1.165) is 0 Å². The van der Waals surface area contributed by atoms with E-state index >= 15 is 0 Å². The third kappa shape index (κ3) is 7.60. The van der Waals surface area contributed by atoms with E-state index in [1.54, 1.807) is 13.8 Å². The average Bonchev–Trinajstić information content (AvgIpc) is 2.35. The molecular weight excluding hydrogens is 264 g/mol. The highest BCUT2D eigenvalue weighted by molar-refractivity contribution is 5.81. The Morgan fingerprint density at radius 2 is 1.90 bits per heavy atom. The molecule has 2 N–H and O–H groups in total. The van der Waals surface area contributed by atoms with Crippen molar-refractivity contribution in [2.75, 3.05) is 20.2 Å². The lowest BCUT2D eigenvalue weighted by Crippen LogP contribution is -2.51. The van der Waals surface area contributed by atoms with Gasteiger partial charge in [-0.1, -0.05) is 6.92 Å². The zero-order valence-electron chi connectivity index (χ0n) is 12.6. The van der Waals surface area contributed by atoms with Crippen LogP contribution in [0.3, 0.4) is 0 Å². The van der Waals surface area contributed by atoms with Gasteiger partial charge in [0.25, 0.3) is 0 Å². The number of ether oxygens (including phenoxy) is 1. The summed E-state index contributed by atoms with van der Waals surface area (Å²) in [7, 11) is 1.27. The number of aliphatic carboxylic acids is 1. The molecule has 0 saturated heterocycles. The molecule has 0 aliphatic carbocycles. The minimum atomic E-state index is -0.910. The lowest BCUT2D eigenvalue weighted by Gasteiger charge is -2.30. The number of urea groups is 1. The second-order valence-corrected chi connectivity index (χ2v) is 5.21. The second kappa shape index (κ2) is 8.39. The molecule has 0 heterocycles. The van der Waals surface area contributed by atoms with E-state index in [0.29, 0.717) is 19.4 Å². The molecular formula is C13H24N2O5. The van der Waals surface area contributed by atoms with Gasteiger partial charge in [-0.2, -0.15) is 0 Å². The summed E-state index contributed by atoms with van der Waals surface area (Å²) in [5.74, 6) is -1.40. The molecule has 7 nitrogen and oxygen atoms in total. The molecule has 20 heavy (non-hydrogen) atoms. The molecule has 0 fully saturated rings. The Hall–Kier alpha value is -1.79. The predicted octanol–water partition coefficient (Wildman–Crippen LogP) is 1.22. The number of nitrogens with zero attached hydrogens (tertiary/aromatic N) is 1. The molecule has 0 aliphatic heterocycles. The Bertz CT molecular complexity index is 355. The summed E-state index contributed by atoms with van der Waals surface area (Å²) < 4.78 is 4.55. The third-order valence-corrected chi connectivity index (χ3v) is 2.74. The minimum absolute atomic E-state index is 0.0297. The normalized spacial score (nSPS) is 10.8. The molecule has 0 unspecified atom stereocenters. The zero-order valence-corrected chi connectivity index (χ0v) is 12.6. The van der Waals surface area contributed by atoms with Crippen molar-refractivity contribution in [1.82, 2.24) is 10.2 Å². The number of carbonyl (C=O) groups is 3. The van der Waals surface area contributed by atoms with Crippen LogP contribution in [0.5, 0.6) is 0 Å². The topological polar surface area (TPSA) is 95.9 Å². The Balaban J connectivity index is 4.57. The first-order chi connectivity index (χ1) is 9.21. The molecule has 0 aromatic carbocycles. The monoisotopic (exact) mass is 288 g/mol. The maximum Gasteiger partial charge on any atom is 0.325 e. The first-order valence-electron chi connectivity index (χ1n) is 6.57. The van der Waals surface area contributed by atoms with Crippen LogP contribution >= 0.6 is 0 Å². The highest BCUT2D eigenvalue weighted by Gasteiger charge is 2.25. The van der Waals surface area contributed by atoms with Crippen LogP contribution in [0.2, 0.25) is 0 Å². The van der Waals surface area contributed by atoms with Crippen molar-refractivity contribution in [3.8, 4) is 0 Å². The Morgan fingerprint density at radius 1 is 1.30 bits per heavy atom. The van der Waals surface area contributed by atoms with Gasteiger partial charge in [-0.25, -0.2) is 4.79 Å². The van der Waals surface area contributed by atoms with Gasteiger partial charge in [-0.15, -0.1) is 0 Å². The van der Waals surface area contributed by atoms with Crippen LogP contribution in [-0.2, 0) is 14.3 Å². The van der Waals surface area contributed by atoms with Crippen LogP contribution in [0.25, 0.3) is 0 Å². The van der Waals surface area contributed by atoms with Gasteiger partial charge in [-0.05, 0) is 26.7 Å². The number of rotatable bonds is 8. The highest BCUT2D eigenvalue weighted by Crippen LogP contribution is 2.12. The van der Waals surface area contributed by atoms with Crippen LogP contribution in [0.4, 0.5) is 4.79 Å². The van der Waals surface area contributed by atoms with Gasteiger partial charge in [-0.3, -0.25) is 9.59 Å². The van der Waals surface area contributed by atoms with Gasteiger partial charge >= 0.3 is 18.0 Å². The highest BCUT2D eigenvalue weighted by atomic mass is 16.5. The smallest absolute Gasteiger partial charge is 0.325 e. The fourth-order valence-electron chi connectivity index (χ4n) is 1.59. The van der Waals surface area contributed by atoms with Crippen LogP contribution in [-0.4, -0.2) is 53.7 Å². The molecule has 0 aromatic heterocycles. The van der Waals surface area contributed by atoms with Crippen molar-refractivity contribution in [3.63, 3.8) is 0 Å². The van der Waals surface area contributed by atoms with E-state index < -0.39 is 23.5 Å². The molecule has 0 spiro atoms. The van der Waals surface area contributed by atoms with Crippen molar-refractivity contribution in [3.05, 3.63) is 0 Å². The van der Waals surface area contributed by atoms with E-state index in [2.05, 4.69) is 10.1 Å². The van der Waals surface area contributed by atoms with E-state index in [9.17, 15) is 14.4 Å². The zero-order chi connectivity index (χ0) is 15.8. The first kappa shape index (κ1) is 18.2. The molecule has 0 aliphatic rings. The molecule has 7 heteroatoms. The van der Waals surface area contributed by atoms with Gasteiger partial charge in [0.2, 0.25) is 0 Å². The maximum atomic E-state index is 12.1. The van der Waals surface area contributed by atoms with Gasteiger partial charge < -0.3 is 20.1 Å². The van der Waals surface area contributed by atoms with Crippen LogP contribution in [0, 0.1) is 0 Å². The predicted molar refractivity (Wildman–Crippen MR) is 73.4 cm³/mol. The molecule has 0 bridgehead atoms. The van der Waals surface area contributed by atoms with Crippen molar-refractivity contribution < 1.29 is 24.2 Å². The molecule has 0 saturated carbocycles. The standard InChI is InChI=1S/C13H24N2O5/c1-5-8-15(9-11(18)20-4)12(19)14-13(2,3)7-6-10(16)17/h5-9H2,1-4H3,(H,14,19)(H,16,17). The number of amides is 2. The van der Waals surface area contributed by atoms with Crippen LogP contribution < -0.4 is 5.32 Å². The van der Waals surface area contributed by atoms with Crippen molar-refractivity contribution in [2.24, 2.45) is 0 Å². The lowest BCUT2D eigenvalue weighted by molar-refractivity contribution is -0.141. The Morgan fingerprint density at radius 3 is 2.35 bits per heavy atom. The van der Waals surface area contributed by atoms with E-state index in [1.807, 2.05) is 6.92 Å². The number of hydrogen-bond acceptors (Lipinski definition) is 4. The molecule has 0 atom stereocenters. The van der Waals surface area contributed by atoms with Gasteiger partial charge in [0.05, 0.1) is 7.11 Å². The second-order valence-electron chi connectivity index (χ2n) is 5.21.